The van der Waals surface area contributed by atoms with Crippen molar-refractivity contribution in [1.29, 1.82) is 0 Å². The number of rotatable bonds is 3. The molecule has 1 aliphatic rings. The molecule has 0 spiro atoms. The quantitative estimate of drug-likeness (QED) is 0.814. The van der Waals surface area contributed by atoms with Gasteiger partial charge in [-0.1, -0.05) is 0 Å². The molecule has 0 amide bonds. The van der Waals surface area contributed by atoms with E-state index in [4.69, 9.17) is 16.0 Å². The molecule has 0 radical (unpaired) electrons. The highest BCUT2D eigenvalue weighted by molar-refractivity contribution is 6.16. The number of nitrogens with zero attached hydrogens (tertiary/aromatic N) is 2. The monoisotopic (exact) mass is 223 g/mol. The van der Waals surface area contributed by atoms with Gasteiger partial charge in [-0.05, 0) is 18.9 Å². The lowest BCUT2D eigenvalue weighted by molar-refractivity contribution is 0.535. The van der Waals surface area contributed by atoms with E-state index >= 15 is 0 Å². The third-order valence-electron chi connectivity index (χ3n) is 2.52. The minimum atomic E-state index is 0.340. The SMILES string of the molecule is ClCc1cnc(-c2cc(C3CC3)[nH]n2)o1. The predicted octanol–water partition coefficient (Wildman–Crippen LogP) is 2.68. The lowest BCUT2D eigenvalue weighted by Gasteiger charge is -1.86. The lowest BCUT2D eigenvalue weighted by atomic mass is 10.3. The van der Waals surface area contributed by atoms with Crippen LogP contribution in [0.15, 0.2) is 16.7 Å². The van der Waals surface area contributed by atoms with Crippen LogP contribution in [0.5, 0.6) is 0 Å². The van der Waals surface area contributed by atoms with E-state index in [0.717, 1.165) is 5.69 Å². The molecule has 0 aromatic carbocycles. The maximum atomic E-state index is 5.63. The number of hydrogen-bond donors (Lipinski definition) is 1. The van der Waals surface area contributed by atoms with Crippen LogP contribution in [0.4, 0.5) is 0 Å². The number of halogens is 1. The van der Waals surface area contributed by atoms with E-state index in [9.17, 15) is 0 Å². The zero-order valence-corrected chi connectivity index (χ0v) is 8.79. The summed E-state index contributed by atoms with van der Waals surface area (Å²) < 4.78 is 5.41. The van der Waals surface area contributed by atoms with Crippen molar-refractivity contribution in [3.8, 4) is 11.6 Å². The van der Waals surface area contributed by atoms with E-state index in [-0.39, 0.29) is 0 Å². The highest BCUT2D eigenvalue weighted by Crippen LogP contribution is 2.39. The summed E-state index contributed by atoms with van der Waals surface area (Å²) in [5.41, 5.74) is 1.93. The molecular weight excluding hydrogens is 214 g/mol. The van der Waals surface area contributed by atoms with E-state index in [2.05, 4.69) is 15.2 Å². The van der Waals surface area contributed by atoms with E-state index < -0.39 is 0 Å². The van der Waals surface area contributed by atoms with Gasteiger partial charge in [-0.25, -0.2) is 4.98 Å². The largest absolute Gasteiger partial charge is 0.439 e. The normalized spacial score (nSPS) is 15.8. The Bertz CT molecular complexity index is 472. The zero-order chi connectivity index (χ0) is 10.3. The second-order valence-electron chi connectivity index (χ2n) is 3.75. The van der Waals surface area contributed by atoms with Crippen molar-refractivity contribution < 1.29 is 4.42 Å². The van der Waals surface area contributed by atoms with Crippen molar-refractivity contribution >= 4 is 11.6 Å². The molecule has 0 aliphatic heterocycles. The average molecular weight is 224 g/mol. The van der Waals surface area contributed by atoms with Crippen LogP contribution in [-0.2, 0) is 5.88 Å². The van der Waals surface area contributed by atoms with Gasteiger partial charge in [0.2, 0.25) is 5.89 Å². The first-order valence-corrected chi connectivity index (χ1v) is 5.46. The van der Waals surface area contributed by atoms with Gasteiger partial charge in [0.05, 0.1) is 12.1 Å². The minimum absolute atomic E-state index is 0.340. The summed E-state index contributed by atoms with van der Waals surface area (Å²) >= 11 is 5.63. The van der Waals surface area contributed by atoms with Gasteiger partial charge in [0.1, 0.15) is 11.5 Å². The van der Waals surface area contributed by atoms with Gasteiger partial charge >= 0.3 is 0 Å². The molecule has 2 aromatic rings. The van der Waals surface area contributed by atoms with Crippen molar-refractivity contribution in [2.45, 2.75) is 24.6 Å². The smallest absolute Gasteiger partial charge is 0.247 e. The number of nitrogens with one attached hydrogen (secondary N) is 1. The maximum Gasteiger partial charge on any atom is 0.247 e. The fraction of sp³-hybridized carbons (Fsp3) is 0.400. The van der Waals surface area contributed by atoms with E-state index in [1.54, 1.807) is 6.20 Å². The third kappa shape index (κ3) is 1.65. The van der Waals surface area contributed by atoms with Crippen molar-refractivity contribution in [3.63, 3.8) is 0 Å². The van der Waals surface area contributed by atoms with Crippen molar-refractivity contribution in [3.05, 3.63) is 23.7 Å². The molecule has 0 bridgehead atoms. The number of aromatic amines is 1. The summed E-state index contributed by atoms with van der Waals surface area (Å²) in [6.45, 7) is 0. The highest BCUT2D eigenvalue weighted by atomic mass is 35.5. The minimum Gasteiger partial charge on any atom is -0.439 e. The molecule has 15 heavy (non-hydrogen) atoms. The maximum absolute atomic E-state index is 5.63. The molecule has 0 atom stereocenters. The van der Waals surface area contributed by atoms with Crippen LogP contribution >= 0.6 is 11.6 Å². The topological polar surface area (TPSA) is 54.7 Å². The zero-order valence-electron chi connectivity index (χ0n) is 8.03. The molecule has 1 saturated carbocycles. The van der Waals surface area contributed by atoms with Crippen LogP contribution < -0.4 is 0 Å². The van der Waals surface area contributed by atoms with E-state index in [1.165, 1.54) is 18.5 Å². The van der Waals surface area contributed by atoms with Crippen molar-refractivity contribution in [2.24, 2.45) is 0 Å². The summed E-state index contributed by atoms with van der Waals surface area (Å²) in [7, 11) is 0. The van der Waals surface area contributed by atoms with Crippen molar-refractivity contribution in [2.75, 3.05) is 0 Å². The van der Waals surface area contributed by atoms with Gasteiger partial charge in [0.25, 0.3) is 0 Å². The second-order valence-corrected chi connectivity index (χ2v) is 4.02. The Morgan fingerprint density at radius 3 is 3.07 bits per heavy atom. The molecule has 4 nitrogen and oxygen atoms in total. The molecule has 78 valence electrons. The Hall–Kier alpha value is -1.29. The van der Waals surface area contributed by atoms with Gasteiger partial charge in [-0.2, -0.15) is 5.10 Å². The Balaban J connectivity index is 1.90. The third-order valence-corrected chi connectivity index (χ3v) is 2.78. The fourth-order valence-corrected chi connectivity index (χ4v) is 1.66. The van der Waals surface area contributed by atoms with Crippen LogP contribution in [0.1, 0.15) is 30.2 Å². The fourth-order valence-electron chi connectivity index (χ4n) is 1.54. The Kier molecular flexibility index (Phi) is 2.02. The van der Waals surface area contributed by atoms with Crippen LogP contribution in [0.2, 0.25) is 0 Å². The predicted molar refractivity (Wildman–Crippen MR) is 55.6 cm³/mol. The molecule has 2 aromatic heterocycles. The second kappa shape index (κ2) is 3.38. The van der Waals surface area contributed by atoms with Gasteiger partial charge < -0.3 is 4.42 Å². The first-order valence-electron chi connectivity index (χ1n) is 4.93. The van der Waals surface area contributed by atoms with Crippen LogP contribution in [0.3, 0.4) is 0 Å². The van der Waals surface area contributed by atoms with Crippen LogP contribution in [0, 0.1) is 0 Å². The number of oxazole rings is 1. The van der Waals surface area contributed by atoms with Gasteiger partial charge in [-0.3, -0.25) is 5.10 Å². The molecule has 1 fully saturated rings. The number of H-pyrrole nitrogens is 1. The van der Waals surface area contributed by atoms with E-state index in [0.29, 0.717) is 23.4 Å². The average Bonchev–Trinajstić information content (AvgIpc) is 2.84. The van der Waals surface area contributed by atoms with Gasteiger partial charge in [0, 0.05) is 11.6 Å². The summed E-state index contributed by atoms with van der Waals surface area (Å²) in [6, 6.07) is 2.00. The number of aromatic nitrogens is 3. The Morgan fingerprint density at radius 1 is 1.53 bits per heavy atom. The number of hydrogen-bond acceptors (Lipinski definition) is 3. The summed E-state index contributed by atoms with van der Waals surface area (Å²) in [6.07, 6.45) is 4.13. The molecule has 1 N–H and O–H groups in total. The molecule has 2 heterocycles. The van der Waals surface area contributed by atoms with Gasteiger partial charge in [-0.15, -0.1) is 11.6 Å². The summed E-state index contributed by atoms with van der Waals surface area (Å²) in [5, 5.41) is 7.18. The van der Waals surface area contributed by atoms with Crippen molar-refractivity contribution in [1.82, 2.24) is 15.2 Å². The first kappa shape index (κ1) is 8.97. The van der Waals surface area contributed by atoms with E-state index in [1.807, 2.05) is 6.07 Å². The molecule has 1 aliphatic carbocycles. The molecular formula is C10H10ClN3O. The first-order chi connectivity index (χ1) is 7.36. The Labute approximate surface area is 91.7 Å². The molecule has 0 unspecified atom stereocenters. The van der Waals surface area contributed by atoms with Crippen LogP contribution in [0.25, 0.3) is 11.6 Å². The molecule has 0 saturated heterocycles. The van der Waals surface area contributed by atoms with Crippen LogP contribution in [-0.4, -0.2) is 15.2 Å². The lowest BCUT2D eigenvalue weighted by Crippen LogP contribution is -1.76. The Morgan fingerprint density at radius 2 is 2.40 bits per heavy atom. The summed E-state index contributed by atoms with van der Waals surface area (Å²) in [4.78, 5) is 4.12. The number of alkyl halides is 1. The standard InChI is InChI=1S/C10H10ClN3O/c11-4-7-5-12-10(15-7)9-3-8(13-14-9)6-1-2-6/h3,5-6H,1-2,4H2,(H,13,14). The highest BCUT2D eigenvalue weighted by Gasteiger charge is 2.26. The van der Waals surface area contributed by atoms with Gasteiger partial charge in [0.15, 0.2) is 0 Å². The summed E-state index contributed by atoms with van der Waals surface area (Å²) in [5.74, 6) is 2.21. The molecule has 5 heteroatoms. The molecule has 3 rings (SSSR count).